The molecule has 0 aliphatic carbocycles. The molecule has 15 N–H and O–H groups in total. The number of methoxy groups -OCH3 is 1. The summed E-state index contributed by atoms with van der Waals surface area (Å²) in [4.78, 5) is 175. The molecule has 8 amide bonds. The van der Waals surface area contributed by atoms with Gasteiger partial charge in [0.05, 0.1) is 70.2 Å². The molecule has 0 spiro atoms. The Morgan fingerprint density at radius 1 is 0.617 bits per heavy atom. The summed E-state index contributed by atoms with van der Waals surface area (Å²) in [6.45, 7) is 6.00. The molecule has 31 nitrogen and oxygen atoms in total. The van der Waals surface area contributed by atoms with Crippen LogP contribution in [0.15, 0.2) is 103 Å². The Morgan fingerprint density at radius 3 is 1.77 bits per heavy atom. The number of aromatic hydroxyl groups is 3. The number of carbonyl (C=O) groups excluding carboxylic acids is 12. The summed E-state index contributed by atoms with van der Waals surface area (Å²) >= 11 is 0. The third kappa shape index (κ3) is 29.7. The number of aliphatic hydroxyl groups is 1. The highest BCUT2D eigenvalue weighted by molar-refractivity contribution is 6.41. The van der Waals surface area contributed by atoms with Crippen molar-refractivity contribution in [2.45, 2.75) is 147 Å². The first kappa shape index (κ1) is 85.9. The van der Waals surface area contributed by atoms with Crippen LogP contribution in [0.2, 0.25) is 0 Å². The fourth-order valence-electron chi connectivity index (χ4n) is 12.1. The van der Waals surface area contributed by atoms with Crippen LogP contribution in [0.3, 0.4) is 0 Å². The highest BCUT2D eigenvalue weighted by atomic mass is 16.5. The van der Waals surface area contributed by atoms with Crippen molar-refractivity contribution in [3.63, 3.8) is 0 Å². The molecular formula is C76H104N12O19. The number of primary amides is 1. The van der Waals surface area contributed by atoms with Crippen LogP contribution in [-0.2, 0) is 97.4 Å². The summed E-state index contributed by atoms with van der Waals surface area (Å²) in [5, 5.41) is 62.5. The Labute approximate surface area is 621 Å². The number of H-pyrrole nitrogens is 1. The van der Waals surface area contributed by atoms with Gasteiger partial charge < -0.3 is 87.5 Å². The number of phenols is 3. The molecule has 31 heteroatoms. The summed E-state index contributed by atoms with van der Waals surface area (Å²) in [7, 11) is 1.55. The van der Waals surface area contributed by atoms with Gasteiger partial charge in [0.1, 0.15) is 41.4 Å². The summed E-state index contributed by atoms with van der Waals surface area (Å²) in [6.07, 6.45) is 1.16. The summed E-state index contributed by atoms with van der Waals surface area (Å²) in [5.74, 6) is -11.9. The van der Waals surface area contributed by atoms with Gasteiger partial charge in [-0.3, -0.25) is 57.5 Å². The number of benzene rings is 4. The number of Topliss-reactive ketones (excluding diaryl/α,β-unsaturated/α-hetero) is 4. The minimum atomic E-state index is -1.87. The van der Waals surface area contributed by atoms with Gasteiger partial charge in [0, 0.05) is 96.5 Å². The minimum Gasteiger partial charge on any atom is -0.508 e. The van der Waals surface area contributed by atoms with Gasteiger partial charge in [0.15, 0.2) is 5.78 Å². The van der Waals surface area contributed by atoms with Crippen molar-refractivity contribution in [1.82, 2.24) is 57.5 Å². The van der Waals surface area contributed by atoms with Crippen LogP contribution < -0.4 is 48.4 Å². The average molecular weight is 1490 g/mol. The molecule has 582 valence electrons. The first-order valence-electron chi connectivity index (χ1n) is 36.1. The van der Waals surface area contributed by atoms with Crippen molar-refractivity contribution in [2.75, 3.05) is 86.0 Å². The zero-order chi connectivity index (χ0) is 78.0. The number of hydrazine groups is 1. The van der Waals surface area contributed by atoms with Crippen molar-refractivity contribution >= 4 is 81.3 Å². The number of aromatic nitrogens is 1. The van der Waals surface area contributed by atoms with E-state index in [2.05, 4.69) is 47.6 Å². The molecule has 4 aromatic carbocycles. The van der Waals surface area contributed by atoms with E-state index < -0.39 is 139 Å². The highest BCUT2D eigenvalue weighted by Crippen LogP contribution is 2.22. The van der Waals surface area contributed by atoms with Gasteiger partial charge >= 0.3 is 0 Å². The lowest BCUT2D eigenvalue weighted by molar-refractivity contribution is -0.141. The number of rotatable bonds is 32. The van der Waals surface area contributed by atoms with E-state index in [0.29, 0.717) is 59.2 Å². The number of nitrogens with two attached hydrogens (primary N) is 1. The van der Waals surface area contributed by atoms with E-state index in [1.54, 1.807) is 80.6 Å². The lowest BCUT2D eigenvalue weighted by Crippen LogP contribution is -2.60. The van der Waals surface area contributed by atoms with Crippen LogP contribution in [-0.4, -0.2) is 234 Å². The van der Waals surface area contributed by atoms with Gasteiger partial charge in [0.2, 0.25) is 64.6 Å². The van der Waals surface area contributed by atoms with Crippen molar-refractivity contribution in [3.05, 3.63) is 126 Å². The zero-order valence-corrected chi connectivity index (χ0v) is 61.4. The number of phenolic OH excluding ortho intramolecular Hbond substituents is 3. The molecule has 0 saturated carbocycles. The quantitative estimate of drug-likeness (QED) is 0.0210. The van der Waals surface area contributed by atoms with Gasteiger partial charge in [-0.1, -0.05) is 74.9 Å². The first-order valence-corrected chi connectivity index (χ1v) is 36.1. The molecule has 6 rings (SSSR count). The molecule has 1 saturated heterocycles. The van der Waals surface area contributed by atoms with Crippen LogP contribution >= 0.6 is 0 Å². The fraction of sp³-hybridized carbons (Fsp3) is 0.500. The molecule has 8 atom stereocenters. The molecule has 1 aliphatic rings. The number of fused-ring (bicyclic) bond motifs is 1. The van der Waals surface area contributed by atoms with E-state index in [-0.39, 0.29) is 133 Å². The third-order valence-electron chi connectivity index (χ3n) is 18.0. The molecule has 5 aromatic rings. The van der Waals surface area contributed by atoms with Crippen molar-refractivity contribution in [1.29, 1.82) is 0 Å². The van der Waals surface area contributed by atoms with Crippen LogP contribution in [0.5, 0.6) is 17.2 Å². The minimum absolute atomic E-state index is 0.0113. The molecule has 2 heterocycles. The van der Waals surface area contributed by atoms with Crippen LogP contribution in [0, 0.1) is 11.8 Å². The molecule has 0 radical (unpaired) electrons. The average Bonchev–Trinajstić information content (AvgIpc) is 1.70. The maximum atomic E-state index is 15.2. The van der Waals surface area contributed by atoms with E-state index in [1.165, 1.54) is 60.5 Å². The SMILES string of the molecule is COCCOCCOCCNC(=O)[C@H](Cc1ccc(O)cc1)NC(=O)CN1CCCCN(C(C)=O)CCCC[C@H](CN[C@@H](Cc2ccc(O)cc2)C(=O)C(C)=O)C(=O)N[C@@H](Cc2c[nH]c3ccccc23)C(=O)NC(CO)C(=O)N[C@@H](CCC(N)=O)C(=O)NC(Cc2ccc(O)cc2)C(=O)C(=O)[C@H](CC(C)C)N1. The molecule has 1 aliphatic heterocycles. The summed E-state index contributed by atoms with van der Waals surface area (Å²) < 4.78 is 16.1. The lowest BCUT2D eigenvalue weighted by atomic mass is 9.92. The molecular weight excluding hydrogens is 1380 g/mol. The Balaban J connectivity index is 1.38. The second kappa shape index (κ2) is 44.8. The van der Waals surface area contributed by atoms with Crippen molar-refractivity contribution in [3.8, 4) is 17.2 Å². The van der Waals surface area contributed by atoms with E-state index in [1.807, 2.05) is 0 Å². The third-order valence-corrected chi connectivity index (χ3v) is 18.0. The number of hydrogen-bond donors (Lipinski definition) is 14. The van der Waals surface area contributed by atoms with E-state index in [0.717, 1.165) is 6.92 Å². The van der Waals surface area contributed by atoms with E-state index in [9.17, 15) is 63.6 Å². The standard InChI is InChI=1S/C76H104N12O19/c1-47(2)38-63-71(99)70(98)62(40-51-17-23-56(93)24-18-51)83-74(102)60(27-28-67(77)95)82-76(104)66(46-89)85-75(103)65(42-54-44-79-59-14-7-6-13-58(54)59)84-72(100)53(43-80-61(69(97)48(3)90)39-50-15-21-55(92)22-16-50)12-8-9-30-87(49(4)91)31-10-11-32-88(86-63)45-68(96)81-64(41-52-19-25-57(94)26-20-52)73(101)78-29-33-106-36-37-107-35-34-105-5/h6-7,13-26,44,47,53,60-66,79-80,86,89,92-94H,8-12,27-43,45-46H2,1-5H3,(H2,77,95)(H,78,101)(H,81,96)(H,82,104)(H,83,102)(H,84,100)(H,85,103)/t53-,60+,61+,62?,63+,64+,65+,66?/m1/s1. The highest BCUT2D eigenvalue weighted by Gasteiger charge is 2.38. The van der Waals surface area contributed by atoms with Crippen LogP contribution in [0.4, 0.5) is 0 Å². The first-order chi connectivity index (χ1) is 51.2. The number of nitrogens with one attached hydrogen (secondary N) is 9. The molecule has 107 heavy (non-hydrogen) atoms. The van der Waals surface area contributed by atoms with Gasteiger partial charge in [-0.25, -0.2) is 10.4 Å². The lowest BCUT2D eigenvalue weighted by Gasteiger charge is -2.31. The Bertz CT molecular complexity index is 3760. The molecule has 1 aromatic heterocycles. The van der Waals surface area contributed by atoms with Gasteiger partial charge in [-0.2, -0.15) is 0 Å². The predicted octanol–water partition coefficient (Wildman–Crippen LogP) is 0.937. The predicted molar refractivity (Wildman–Crippen MR) is 393 cm³/mol. The smallest absolute Gasteiger partial charge is 0.245 e. The van der Waals surface area contributed by atoms with Crippen LogP contribution in [0.1, 0.15) is 101 Å². The Morgan fingerprint density at radius 2 is 1.16 bits per heavy atom. The molecule has 2 unspecified atom stereocenters. The number of nitrogens with zero attached hydrogens (tertiary/aromatic N) is 2. The number of amides is 8. The Kier molecular flexibility index (Phi) is 36.0. The van der Waals surface area contributed by atoms with Gasteiger partial charge in [0.25, 0.3) is 0 Å². The number of para-hydroxylation sites is 1. The monoisotopic (exact) mass is 1490 g/mol. The number of ketones is 4. The topological polar surface area (TPSA) is 458 Å². The van der Waals surface area contributed by atoms with E-state index in [4.69, 9.17) is 19.9 Å². The number of aromatic amines is 1. The number of carbonyl (C=O) groups is 12. The largest absolute Gasteiger partial charge is 0.508 e. The summed E-state index contributed by atoms with van der Waals surface area (Å²) in [5.41, 5.74) is 11.4. The second-order valence-electron chi connectivity index (χ2n) is 27.0. The summed E-state index contributed by atoms with van der Waals surface area (Å²) in [6, 6.07) is 14.1. The van der Waals surface area contributed by atoms with Crippen molar-refractivity contribution in [2.24, 2.45) is 17.6 Å². The Hall–Kier alpha value is -10.0. The molecule has 1 fully saturated rings. The number of hydrogen-bond acceptors (Lipinski definition) is 22. The molecule has 0 bridgehead atoms. The van der Waals surface area contributed by atoms with E-state index >= 15 is 14.4 Å². The normalized spacial score (nSPS) is 19.5. The maximum absolute atomic E-state index is 15.2. The van der Waals surface area contributed by atoms with Gasteiger partial charge in [-0.05, 0) is 116 Å². The van der Waals surface area contributed by atoms with Gasteiger partial charge in [-0.15, -0.1) is 0 Å². The van der Waals surface area contributed by atoms with Crippen molar-refractivity contribution < 1.29 is 92.2 Å². The van der Waals surface area contributed by atoms with Crippen LogP contribution in [0.25, 0.3) is 10.9 Å². The number of ether oxygens (including phenoxy) is 3. The second-order valence-corrected chi connectivity index (χ2v) is 27.0. The maximum Gasteiger partial charge on any atom is 0.245 e. The zero-order valence-electron chi connectivity index (χ0n) is 61.4. The fourth-order valence-corrected chi connectivity index (χ4v) is 12.1. The number of aliphatic hydroxyl groups excluding tert-OH is 1.